The van der Waals surface area contributed by atoms with E-state index in [9.17, 15) is 9.90 Å². The van der Waals surface area contributed by atoms with E-state index in [1.165, 1.54) is 5.57 Å². The molecule has 0 saturated carbocycles. The number of carbonyl (C=O) groups is 1. The summed E-state index contributed by atoms with van der Waals surface area (Å²) in [6.07, 6.45) is 3.90. The Balaban J connectivity index is 1.70. The summed E-state index contributed by atoms with van der Waals surface area (Å²) in [4.78, 5) is 13.7. The Labute approximate surface area is 112 Å². The van der Waals surface area contributed by atoms with Gasteiger partial charge in [0.1, 0.15) is 11.8 Å². The fourth-order valence-corrected chi connectivity index (χ4v) is 2.72. The maximum absolute atomic E-state index is 11.6. The molecule has 1 aromatic carbocycles. The first kappa shape index (κ1) is 12.2. The Morgan fingerprint density at radius 3 is 2.63 bits per heavy atom. The van der Waals surface area contributed by atoms with Crippen LogP contribution in [0, 0.1) is 0 Å². The Morgan fingerprint density at radius 1 is 1.26 bits per heavy atom. The van der Waals surface area contributed by atoms with Crippen LogP contribution < -0.4 is 0 Å². The normalized spacial score (nSPS) is 24.1. The maximum Gasteiger partial charge on any atom is 0.323 e. The van der Waals surface area contributed by atoms with Gasteiger partial charge in [-0.2, -0.15) is 0 Å². The lowest BCUT2D eigenvalue weighted by molar-refractivity contribution is -0.142. The van der Waals surface area contributed by atoms with Gasteiger partial charge in [0.2, 0.25) is 0 Å². The van der Waals surface area contributed by atoms with Gasteiger partial charge in [-0.25, -0.2) is 0 Å². The molecule has 0 aliphatic carbocycles. The second-order valence-corrected chi connectivity index (χ2v) is 4.99. The second kappa shape index (κ2) is 5.05. The summed E-state index contributed by atoms with van der Waals surface area (Å²) in [5.74, 6) is 0.206. The molecule has 0 unspecified atom stereocenters. The molecule has 1 N–H and O–H groups in total. The van der Waals surface area contributed by atoms with Gasteiger partial charge in [-0.3, -0.25) is 9.69 Å². The average molecular weight is 259 g/mol. The van der Waals surface area contributed by atoms with Gasteiger partial charge in [0.05, 0.1) is 6.61 Å². The molecule has 1 fully saturated rings. The van der Waals surface area contributed by atoms with Gasteiger partial charge in [-0.1, -0.05) is 18.2 Å². The number of ether oxygens (including phenoxy) is 1. The van der Waals surface area contributed by atoms with Crippen molar-refractivity contribution in [1.82, 2.24) is 4.90 Å². The van der Waals surface area contributed by atoms with Crippen molar-refractivity contribution in [1.29, 1.82) is 0 Å². The van der Waals surface area contributed by atoms with Crippen LogP contribution in [0.2, 0.25) is 0 Å². The van der Waals surface area contributed by atoms with Crippen molar-refractivity contribution in [2.24, 2.45) is 0 Å². The van der Waals surface area contributed by atoms with E-state index in [0.717, 1.165) is 31.5 Å². The highest BCUT2D eigenvalue weighted by Crippen LogP contribution is 2.26. The number of phenols is 1. The topological polar surface area (TPSA) is 49.8 Å². The van der Waals surface area contributed by atoms with Gasteiger partial charge in [0, 0.05) is 19.5 Å². The summed E-state index contributed by atoms with van der Waals surface area (Å²) in [6, 6.07) is 7.22. The molecule has 1 saturated heterocycles. The molecule has 1 aromatic rings. The Kier molecular flexibility index (Phi) is 3.25. The van der Waals surface area contributed by atoms with E-state index < -0.39 is 0 Å². The molecule has 19 heavy (non-hydrogen) atoms. The Bertz CT molecular complexity index is 507. The molecule has 0 amide bonds. The van der Waals surface area contributed by atoms with Crippen LogP contribution in [0.1, 0.15) is 18.4 Å². The maximum atomic E-state index is 11.6. The zero-order valence-corrected chi connectivity index (χ0v) is 10.7. The lowest BCUT2D eigenvalue weighted by Crippen LogP contribution is -2.41. The lowest BCUT2D eigenvalue weighted by atomic mass is 9.98. The van der Waals surface area contributed by atoms with Crippen LogP contribution in [0.15, 0.2) is 30.3 Å². The summed E-state index contributed by atoms with van der Waals surface area (Å²) in [5, 5.41) is 9.29. The van der Waals surface area contributed by atoms with Crippen LogP contribution in [0.3, 0.4) is 0 Å². The zero-order valence-electron chi connectivity index (χ0n) is 10.7. The highest BCUT2D eigenvalue weighted by atomic mass is 16.5. The predicted molar refractivity (Wildman–Crippen MR) is 71.6 cm³/mol. The van der Waals surface area contributed by atoms with Crippen molar-refractivity contribution in [2.45, 2.75) is 18.9 Å². The quantitative estimate of drug-likeness (QED) is 0.823. The van der Waals surface area contributed by atoms with E-state index in [0.29, 0.717) is 6.61 Å². The van der Waals surface area contributed by atoms with Crippen LogP contribution in [-0.2, 0) is 9.53 Å². The van der Waals surface area contributed by atoms with Crippen molar-refractivity contribution in [3.8, 4) is 5.75 Å². The minimum atomic E-state index is -0.0820. The minimum Gasteiger partial charge on any atom is -0.508 e. The Hall–Kier alpha value is -1.81. The van der Waals surface area contributed by atoms with E-state index in [-0.39, 0.29) is 17.8 Å². The van der Waals surface area contributed by atoms with Crippen molar-refractivity contribution < 1.29 is 14.6 Å². The van der Waals surface area contributed by atoms with Crippen LogP contribution in [0.4, 0.5) is 0 Å². The van der Waals surface area contributed by atoms with Crippen molar-refractivity contribution in [3.05, 3.63) is 35.9 Å². The number of hydrogen-bond donors (Lipinski definition) is 1. The molecule has 0 spiro atoms. The van der Waals surface area contributed by atoms with Gasteiger partial charge in [-0.15, -0.1) is 0 Å². The number of cyclic esters (lactones) is 1. The summed E-state index contributed by atoms with van der Waals surface area (Å²) in [5.41, 5.74) is 2.43. The molecule has 3 rings (SSSR count). The third-order valence-corrected chi connectivity index (χ3v) is 3.83. The van der Waals surface area contributed by atoms with E-state index in [4.69, 9.17) is 4.74 Å². The van der Waals surface area contributed by atoms with Gasteiger partial charge in [0.25, 0.3) is 0 Å². The molecule has 4 nitrogen and oxygen atoms in total. The smallest absolute Gasteiger partial charge is 0.323 e. The predicted octanol–water partition coefficient (Wildman–Crippen LogP) is 1.80. The van der Waals surface area contributed by atoms with Gasteiger partial charge >= 0.3 is 5.97 Å². The number of hydrogen-bond acceptors (Lipinski definition) is 4. The molecular weight excluding hydrogens is 242 g/mol. The largest absolute Gasteiger partial charge is 0.508 e. The molecule has 2 heterocycles. The standard InChI is InChI=1S/C15H17NO3/c17-13-3-1-11(2-4-13)12-5-8-16(9-6-12)14-7-10-19-15(14)18/h1-5,14,17H,6-10H2/t14-/m0/s1. The third-order valence-electron chi connectivity index (χ3n) is 3.83. The molecule has 0 aromatic heterocycles. The minimum absolute atomic E-state index is 0.0578. The van der Waals surface area contributed by atoms with Crippen LogP contribution >= 0.6 is 0 Å². The summed E-state index contributed by atoms with van der Waals surface area (Å²) >= 11 is 0. The molecular formula is C15H17NO3. The lowest BCUT2D eigenvalue weighted by Gasteiger charge is -2.29. The third kappa shape index (κ3) is 2.49. The number of nitrogens with zero attached hydrogens (tertiary/aromatic N) is 1. The van der Waals surface area contributed by atoms with Crippen molar-refractivity contribution in [2.75, 3.05) is 19.7 Å². The first-order valence-electron chi connectivity index (χ1n) is 6.63. The zero-order chi connectivity index (χ0) is 13.2. The van der Waals surface area contributed by atoms with Crippen molar-refractivity contribution in [3.63, 3.8) is 0 Å². The number of phenolic OH excluding ortho intramolecular Hbond substituents is 1. The molecule has 4 heteroatoms. The SMILES string of the molecule is O=C1OCC[C@@H]1N1CC=C(c2ccc(O)cc2)CC1. The molecule has 0 bridgehead atoms. The highest BCUT2D eigenvalue weighted by molar-refractivity contribution is 5.78. The van der Waals surface area contributed by atoms with Crippen LogP contribution in [-0.4, -0.2) is 41.7 Å². The molecule has 2 aliphatic heterocycles. The average Bonchev–Trinajstić information content (AvgIpc) is 2.86. The van der Waals surface area contributed by atoms with Crippen LogP contribution in [0.25, 0.3) is 5.57 Å². The van der Waals surface area contributed by atoms with Gasteiger partial charge < -0.3 is 9.84 Å². The summed E-state index contributed by atoms with van der Waals surface area (Å²) in [6.45, 7) is 2.22. The summed E-state index contributed by atoms with van der Waals surface area (Å²) < 4.78 is 5.01. The van der Waals surface area contributed by atoms with E-state index >= 15 is 0 Å². The van der Waals surface area contributed by atoms with Gasteiger partial charge in [0.15, 0.2) is 0 Å². The monoisotopic (exact) mass is 259 g/mol. The molecule has 1 atom stereocenters. The number of rotatable bonds is 2. The molecule has 2 aliphatic rings. The van der Waals surface area contributed by atoms with E-state index in [1.807, 2.05) is 12.1 Å². The fourth-order valence-electron chi connectivity index (χ4n) is 2.72. The van der Waals surface area contributed by atoms with Gasteiger partial charge in [-0.05, 0) is 29.7 Å². The summed E-state index contributed by atoms with van der Waals surface area (Å²) in [7, 11) is 0. The number of esters is 1. The molecule has 100 valence electrons. The number of carbonyl (C=O) groups excluding carboxylic acids is 1. The van der Waals surface area contributed by atoms with E-state index in [2.05, 4.69) is 11.0 Å². The van der Waals surface area contributed by atoms with E-state index in [1.54, 1.807) is 12.1 Å². The number of aromatic hydroxyl groups is 1. The fraction of sp³-hybridized carbons (Fsp3) is 0.400. The first-order chi connectivity index (χ1) is 9.24. The second-order valence-electron chi connectivity index (χ2n) is 4.99. The Morgan fingerprint density at radius 2 is 2.05 bits per heavy atom. The van der Waals surface area contributed by atoms with Crippen LogP contribution in [0.5, 0.6) is 5.75 Å². The molecule has 0 radical (unpaired) electrons. The number of benzene rings is 1. The first-order valence-corrected chi connectivity index (χ1v) is 6.63. The van der Waals surface area contributed by atoms with Crippen molar-refractivity contribution >= 4 is 11.5 Å². The highest BCUT2D eigenvalue weighted by Gasteiger charge is 2.32.